The van der Waals surface area contributed by atoms with Gasteiger partial charge in [0.2, 0.25) is 0 Å². The number of rotatable bonds is 3. The van der Waals surface area contributed by atoms with E-state index in [1.165, 1.54) is 10.4 Å². The Hall–Kier alpha value is -1.76. The molecule has 2 aliphatic rings. The van der Waals surface area contributed by atoms with Gasteiger partial charge in [0.15, 0.2) is 0 Å². The maximum absolute atomic E-state index is 12.7. The minimum atomic E-state index is -0.286. The molecule has 1 aromatic carbocycles. The van der Waals surface area contributed by atoms with Crippen LogP contribution in [0.2, 0.25) is 5.02 Å². The summed E-state index contributed by atoms with van der Waals surface area (Å²) in [5.41, 5.74) is 2.94. The van der Waals surface area contributed by atoms with Gasteiger partial charge in [-0.05, 0) is 36.2 Å². The number of methoxy groups -OCH3 is 1. The van der Waals surface area contributed by atoms with Crippen LogP contribution in [0.1, 0.15) is 39.5 Å². The van der Waals surface area contributed by atoms with E-state index in [4.69, 9.17) is 16.3 Å². The molecule has 0 saturated carbocycles. The van der Waals surface area contributed by atoms with Crippen LogP contribution in [0.15, 0.2) is 18.2 Å². The van der Waals surface area contributed by atoms with Crippen LogP contribution in [0, 0.1) is 0 Å². The molecule has 1 amide bonds. The summed E-state index contributed by atoms with van der Waals surface area (Å²) in [5, 5.41) is 8.02. The van der Waals surface area contributed by atoms with Gasteiger partial charge >= 0.3 is 0 Å². The van der Waals surface area contributed by atoms with Gasteiger partial charge in [0, 0.05) is 18.0 Å². The zero-order valence-corrected chi connectivity index (χ0v) is 15.8. The van der Waals surface area contributed by atoms with Crippen LogP contribution in [0.5, 0.6) is 5.75 Å². The highest BCUT2D eigenvalue weighted by molar-refractivity contribution is 7.16. The second kappa shape index (κ2) is 6.52. The molecule has 2 aromatic rings. The summed E-state index contributed by atoms with van der Waals surface area (Å²) in [5.74, 6) is 0.618. The second-order valence-electron chi connectivity index (χ2n) is 6.27. The van der Waals surface area contributed by atoms with Gasteiger partial charge in [-0.2, -0.15) is 0 Å². The lowest BCUT2D eigenvalue weighted by Gasteiger charge is -2.28. The molecule has 0 saturated heterocycles. The predicted octanol–water partition coefficient (Wildman–Crippen LogP) is 3.64. The van der Waals surface area contributed by atoms with Crippen LogP contribution in [-0.4, -0.2) is 31.0 Å². The van der Waals surface area contributed by atoms with Crippen LogP contribution in [0.4, 0.5) is 5.00 Å². The SMILES string of the molecule is CCN1CCc2c(sc3c2C(=O)N[C@@H](c2ccc(OC)c(Cl)c2)N3)C1. The lowest BCUT2D eigenvalue weighted by molar-refractivity contribution is 0.0934. The third kappa shape index (κ3) is 2.88. The summed E-state index contributed by atoms with van der Waals surface area (Å²) >= 11 is 7.93. The molecule has 25 heavy (non-hydrogen) atoms. The van der Waals surface area contributed by atoms with Crippen molar-refractivity contribution >= 4 is 33.8 Å². The van der Waals surface area contributed by atoms with E-state index in [1.54, 1.807) is 18.4 Å². The van der Waals surface area contributed by atoms with Crippen LogP contribution in [0.25, 0.3) is 0 Å². The van der Waals surface area contributed by atoms with Gasteiger partial charge in [-0.25, -0.2) is 0 Å². The highest BCUT2D eigenvalue weighted by Crippen LogP contribution is 2.41. The highest BCUT2D eigenvalue weighted by atomic mass is 35.5. The van der Waals surface area contributed by atoms with Gasteiger partial charge in [-0.15, -0.1) is 11.3 Å². The van der Waals surface area contributed by atoms with Crippen LogP contribution >= 0.6 is 22.9 Å². The molecule has 1 aromatic heterocycles. The summed E-state index contributed by atoms with van der Waals surface area (Å²) < 4.78 is 5.20. The average Bonchev–Trinajstić information content (AvgIpc) is 2.99. The monoisotopic (exact) mass is 377 g/mol. The molecule has 2 aliphatic heterocycles. The molecule has 0 radical (unpaired) electrons. The van der Waals surface area contributed by atoms with Crippen molar-refractivity contribution in [2.24, 2.45) is 0 Å². The number of halogens is 1. The first kappa shape index (κ1) is 16.7. The van der Waals surface area contributed by atoms with Gasteiger partial charge in [0.25, 0.3) is 5.91 Å². The first-order valence-corrected chi connectivity index (χ1v) is 9.58. The number of carbonyl (C=O) groups is 1. The molecular weight excluding hydrogens is 358 g/mol. The van der Waals surface area contributed by atoms with E-state index in [0.717, 1.165) is 42.2 Å². The predicted molar refractivity (Wildman–Crippen MR) is 101 cm³/mol. The zero-order valence-electron chi connectivity index (χ0n) is 14.2. The minimum Gasteiger partial charge on any atom is -0.495 e. The van der Waals surface area contributed by atoms with Crippen LogP contribution < -0.4 is 15.4 Å². The quantitative estimate of drug-likeness (QED) is 0.857. The number of carbonyl (C=O) groups excluding carboxylic acids is 1. The summed E-state index contributed by atoms with van der Waals surface area (Å²) in [4.78, 5) is 16.5. The van der Waals surface area contributed by atoms with Gasteiger partial charge in [-0.1, -0.05) is 24.6 Å². The van der Waals surface area contributed by atoms with Crippen molar-refractivity contribution < 1.29 is 9.53 Å². The number of hydrogen-bond donors (Lipinski definition) is 2. The molecule has 0 fully saturated rings. The number of thiophene rings is 1. The fourth-order valence-electron chi connectivity index (χ4n) is 3.47. The van der Waals surface area contributed by atoms with E-state index in [-0.39, 0.29) is 12.1 Å². The Morgan fingerprint density at radius 1 is 1.40 bits per heavy atom. The highest BCUT2D eigenvalue weighted by Gasteiger charge is 2.33. The van der Waals surface area contributed by atoms with E-state index < -0.39 is 0 Å². The number of nitrogens with zero attached hydrogens (tertiary/aromatic N) is 1. The van der Waals surface area contributed by atoms with Crippen LogP contribution in [0.3, 0.4) is 0 Å². The fourth-order valence-corrected chi connectivity index (χ4v) is 5.05. The Kier molecular flexibility index (Phi) is 4.35. The Bertz CT molecular complexity index is 836. The second-order valence-corrected chi connectivity index (χ2v) is 7.78. The van der Waals surface area contributed by atoms with Crippen molar-refractivity contribution in [3.63, 3.8) is 0 Å². The molecule has 0 unspecified atom stereocenters. The Morgan fingerprint density at radius 3 is 2.96 bits per heavy atom. The van der Waals surface area contributed by atoms with Crippen molar-refractivity contribution in [3.05, 3.63) is 44.8 Å². The molecule has 2 N–H and O–H groups in total. The first-order chi connectivity index (χ1) is 12.1. The zero-order chi connectivity index (χ0) is 17.6. The van der Waals surface area contributed by atoms with E-state index in [1.807, 2.05) is 18.2 Å². The van der Waals surface area contributed by atoms with Gasteiger partial charge in [0.1, 0.15) is 16.9 Å². The number of fused-ring (bicyclic) bond motifs is 3. The molecule has 5 nitrogen and oxygen atoms in total. The molecule has 132 valence electrons. The Morgan fingerprint density at radius 2 is 2.24 bits per heavy atom. The van der Waals surface area contributed by atoms with E-state index in [2.05, 4.69) is 22.5 Å². The summed E-state index contributed by atoms with van der Waals surface area (Å²) in [6, 6.07) is 5.56. The lowest BCUT2D eigenvalue weighted by Crippen LogP contribution is -2.38. The minimum absolute atomic E-state index is 0.00635. The topological polar surface area (TPSA) is 53.6 Å². The molecular formula is C18H20ClN3O2S. The number of nitrogens with one attached hydrogen (secondary N) is 2. The molecule has 0 spiro atoms. The van der Waals surface area contributed by atoms with Gasteiger partial charge in [0.05, 0.1) is 17.7 Å². The standard InChI is InChI=1S/C18H20ClN3O2S/c1-3-22-7-6-11-14(9-22)25-18-15(11)17(23)20-16(21-18)10-4-5-13(24-2)12(19)8-10/h4-5,8,16,21H,3,6-7,9H2,1-2H3,(H,20,23)/t16-/m1/s1. The summed E-state index contributed by atoms with van der Waals surface area (Å²) in [6.45, 7) is 5.15. The lowest BCUT2D eigenvalue weighted by atomic mass is 10.0. The number of amides is 1. The summed E-state index contributed by atoms with van der Waals surface area (Å²) in [6.07, 6.45) is 0.647. The Balaban J connectivity index is 1.65. The maximum Gasteiger partial charge on any atom is 0.256 e. The Labute approximate surface area is 155 Å². The van der Waals surface area contributed by atoms with E-state index in [9.17, 15) is 4.79 Å². The number of likely N-dealkylation sites (N-methyl/N-ethyl adjacent to an activating group) is 1. The third-order valence-electron chi connectivity index (χ3n) is 4.87. The molecule has 1 atom stereocenters. The third-order valence-corrected chi connectivity index (χ3v) is 6.31. The van der Waals surface area contributed by atoms with Crippen molar-refractivity contribution in [2.75, 3.05) is 25.5 Å². The normalized spacial score (nSPS) is 19.6. The van der Waals surface area contributed by atoms with Gasteiger partial charge in [-0.3, -0.25) is 9.69 Å². The van der Waals surface area contributed by atoms with E-state index >= 15 is 0 Å². The molecule has 0 aliphatic carbocycles. The summed E-state index contributed by atoms with van der Waals surface area (Å²) in [7, 11) is 1.59. The maximum atomic E-state index is 12.7. The van der Waals surface area contributed by atoms with Crippen LogP contribution in [-0.2, 0) is 13.0 Å². The smallest absolute Gasteiger partial charge is 0.256 e. The van der Waals surface area contributed by atoms with Gasteiger partial charge < -0.3 is 15.4 Å². The molecule has 7 heteroatoms. The number of anilines is 1. The van der Waals surface area contributed by atoms with Crippen molar-refractivity contribution in [2.45, 2.75) is 26.1 Å². The number of ether oxygens (including phenoxy) is 1. The van der Waals surface area contributed by atoms with Crippen molar-refractivity contribution in [1.82, 2.24) is 10.2 Å². The van der Waals surface area contributed by atoms with E-state index in [0.29, 0.717) is 10.8 Å². The largest absolute Gasteiger partial charge is 0.495 e. The molecule has 0 bridgehead atoms. The first-order valence-electron chi connectivity index (χ1n) is 8.38. The molecule has 3 heterocycles. The number of benzene rings is 1. The van der Waals surface area contributed by atoms with Crippen molar-refractivity contribution in [3.8, 4) is 5.75 Å². The fraction of sp³-hybridized carbons (Fsp3) is 0.389. The number of hydrogen-bond acceptors (Lipinski definition) is 5. The van der Waals surface area contributed by atoms with Crippen molar-refractivity contribution in [1.29, 1.82) is 0 Å². The average molecular weight is 378 g/mol. The molecule has 4 rings (SSSR count).